The number of hydrogen-bond acceptors (Lipinski definition) is 4. The van der Waals surface area contributed by atoms with Crippen molar-refractivity contribution in [3.63, 3.8) is 0 Å². The van der Waals surface area contributed by atoms with Crippen LogP contribution in [0.15, 0.2) is 6.07 Å². The Hall–Kier alpha value is -1.13. The molecule has 84 valence electrons. The Kier molecular flexibility index (Phi) is 4.05. The predicted octanol–water partition coefficient (Wildman–Crippen LogP) is 0.953. The number of nitrogens with zero attached hydrogens (tertiary/aromatic N) is 1. The zero-order chi connectivity index (χ0) is 11.4. The van der Waals surface area contributed by atoms with Crippen LogP contribution in [0.25, 0.3) is 0 Å². The van der Waals surface area contributed by atoms with Gasteiger partial charge in [-0.2, -0.15) is 0 Å². The summed E-state index contributed by atoms with van der Waals surface area (Å²) in [5.74, 6) is 0.461. The number of nitrogens with two attached hydrogens (primary N) is 1. The van der Waals surface area contributed by atoms with E-state index in [0.717, 1.165) is 17.7 Å². The van der Waals surface area contributed by atoms with Crippen molar-refractivity contribution in [1.29, 1.82) is 0 Å². The molecule has 0 aliphatic rings. The number of aryl methyl sites for hydroxylation is 2. The van der Waals surface area contributed by atoms with Gasteiger partial charge < -0.3 is 15.6 Å². The van der Waals surface area contributed by atoms with E-state index in [2.05, 4.69) is 11.9 Å². The summed E-state index contributed by atoms with van der Waals surface area (Å²) < 4.78 is 5.12. The highest BCUT2D eigenvalue weighted by Crippen LogP contribution is 2.25. The molecular formula is C11H18N2O2. The summed E-state index contributed by atoms with van der Waals surface area (Å²) >= 11 is 0. The molecule has 0 saturated carbocycles. The van der Waals surface area contributed by atoms with Crippen molar-refractivity contribution in [2.24, 2.45) is 5.73 Å². The minimum Gasteiger partial charge on any atom is -0.481 e. The Labute approximate surface area is 90.1 Å². The molecular weight excluding hydrogens is 192 g/mol. The minimum absolute atomic E-state index is 0.171. The standard InChI is InChI=1S/C11H18N2O2/c1-4-8-5-9(10(14)6-12)11(15-3)13-7(8)2/h5,10,14H,4,6,12H2,1-3H3/t10-/m0/s1. The lowest BCUT2D eigenvalue weighted by molar-refractivity contribution is 0.180. The van der Waals surface area contributed by atoms with Crippen molar-refractivity contribution >= 4 is 0 Å². The van der Waals surface area contributed by atoms with E-state index < -0.39 is 6.10 Å². The maximum atomic E-state index is 9.71. The first-order chi connectivity index (χ1) is 7.13. The molecule has 0 aliphatic heterocycles. The lowest BCUT2D eigenvalue weighted by Gasteiger charge is -2.15. The van der Waals surface area contributed by atoms with Gasteiger partial charge in [-0.25, -0.2) is 4.98 Å². The first-order valence-corrected chi connectivity index (χ1v) is 5.06. The molecule has 1 heterocycles. The molecule has 0 amide bonds. The number of hydrogen-bond donors (Lipinski definition) is 2. The summed E-state index contributed by atoms with van der Waals surface area (Å²) in [5, 5.41) is 9.71. The highest BCUT2D eigenvalue weighted by molar-refractivity contribution is 5.35. The van der Waals surface area contributed by atoms with Crippen LogP contribution in [0.1, 0.15) is 29.8 Å². The molecule has 0 saturated heterocycles. The van der Waals surface area contributed by atoms with Gasteiger partial charge in [0.25, 0.3) is 0 Å². The van der Waals surface area contributed by atoms with Gasteiger partial charge in [-0.15, -0.1) is 0 Å². The predicted molar refractivity (Wildman–Crippen MR) is 58.9 cm³/mol. The summed E-state index contributed by atoms with van der Waals surface area (Å²) in [7, 11) is 1.54. The topological polar surface area (TPSA) is 68.4 Å². The molecule has 0 unspecified atom stereocenters. The van der Waals surface area contributed by atoms with Gasteiger partial charge >= 0.3 is 0 Å². The van der Waals surface area contributed by atoms with Crippen LogP contribution < -0.4 is 10.5 Å². The molecule has 4 heteroatoms. The van der Waals surface area contributed by atoms with Crippen molar-refractivity contribution < 1.29 is 9.84 Å². The Morgan fingerprint density at radius 1 is 1.60 bits per heavy atom. The third-order valence-corrected chi connectivity index (χ3v) is 2.47. The molecule has 0 radical (unpaired) electrons. The fraction of sp³-hybridized carbons (Fsp3) is 0.545. The third kappa shape index (κ3) is 2.46. The molecule has 0 spiro atoms. The molecule has 1 aromatic heterocycles. The van der Waals surface area contributed by atoms with Gasteiger partial charge in [0.05, 0.1) is 13.2 Å². The van der Waals surface area contributed by atoms with Crippen LogP contribution in [0.5, 0.6) is 5.88 Å². The Balaban J connectivity index is 3.22. The van der Waals surface area contributed by atoms with E-state index in [4.69, 9.17) is 10.5 Å². The molecule has 0 fully saturated rings. The van der Waals surface area contributed by atoms with Crippen molar-refractivity contribution in [3.05, 3.63) is 22.9 Å². The van der Waals surface area contributed by atoms with Gasteiger partial charge in [0.1, 0.15) is 0 Å². The van der Waals surface area contributed by atoms with Crippen molar-refractivity contribution in [2.45, 2.75) is 26.4 Å². The Morgan fingerprint density at radius 3 is 2.73 bits per heavy atom. The number of methoxy groups -OCH3 is 1. The average Bonchev–Trinajstić information content (AvgIpc) is 2.27. The van der Waals surface area contributed by atoms with E-state index >= 15 is 0 Å². The van der Waals surface area contributed by atoms with E-state index in [1.165, 1.54) is 0 Å². The fourth-order valence-corrected chi connectivity index (χ4v) is 1.53. The SMILES string of the molecule is CCc1cc([C@@H](O)CN)c(OC)nc1C. The molecule has 15 heavy (non-hydrogen) atoms. The quantitative estimate of drug-likeness (QED) is 0.776. The van der Waals surface area contributed by atoms with E-state index in [1.54, 1.807) is 7.11 Å². The number of aliphatic hydroxyl groups is 1. The van der Waals surface area contributed by atoms with Crippen molar-refractivity contribution in [3.8, 4) is 5.88 Å². The monoisotopic (exact) mass is 210 g/mol. The first kappa shape index (κ1) is 11.9. The highest BCUT2D eigenvalue weighted by atomic mass is 16.5. The van der Waals surface area contributed by atoms with Gasteiger partial charge in [0, 0.05) is 17.8 Å². The number of rotatable bonds is 4. The third-order valence-electron chi connectivity index (χ3n) is 2.47. The normalized spacial score (nSPS) is 12.6. The lowest BCUT2D eigenvalue weighted by atomic mass is 10.0. The van der Waals surface area contributed by atoms with E-state index in [-0.39, 0.29) is 6.54 Å². The smallest absolute Gasteiger partial charge is 0.219 e. The highest BCUT2D eigenvalue weighted by Gasteiger charge is 2.15. The van der Waals surface area contributed by atoms with Gasteiger partial charge in [-0.3, -0.25) is 0 Å². The summed E-state index contributed by atoms with van der Waals surface area (Å²) in [5.41, 5.74) is 8.14. The molecule has 1 rings (SSSR count). The molecule has 1 aromatic rings. The van der Waals surface area contributed by atoms with Crippen molar-refractivity contribution in [2.75, 3.05) is 13.7 Å². The second-order valence-electron chi connectivity index (χ2n) is 3.44. The number of aliphatic hydroxyl groups excluding tert-OH is 1. The Morgan fingerprint density at radius 2 is 2.27 bits per heavy atom. The zero-order valence-electron chi connectivity index (χ0n) is 9.45. The summed E-state index contributed by atoms with van der Waals surface area (Å²) in [6.45, 7) is 4.15. The van der Waals surface area contributed by atoms with Gasteiger partial charge in [-0.1, -0.05) is 6.92 Å². The van der Waals surface area contributed by atoms with Gasteiger partial charge in [0.2, 0.25) is 5.88 Å². The zero-order valence-corrected chi connectivity index (χ0v) is 9.45. The van der Waals surface area contributed by atoms with Gasteiger partial charge in [0.15, 0.2) is 0 Å². The number of ether oxygens (including phenoxy) is 1. The van der Waals surface area contributed by atoms with Crippen LogP contribution >= 0.6 is 0 Å². The van der Waals surface area contributed by atoms with Crippen LogP contribution in [0.4, 0.5) is 0 Å². The lowest BCUT2D eigenvalue weighted by Crippen LogP contribution is -2.14. The largest absolute Gasteiger partial charge is 0.481 e. The summed E-state index contributed by atoms with van der Waals surface area (Å²) in [6, 6.07) is 1.92. The molecule has 0 aliphatic carbocycles. The molecule has 4 nitrogen and oxygen atoms in total. The first-order valence-electron chi connectivity index (χ1n) is 5.06. The molecule has 0 aromatic carbocycles. The molecule has 1 atom stereocenters. The van der Waals surface area contributed by atoms with E-state index in [0.29, 0.717) is 11.4 Å². The maximum Gasteiger partial charge on any atom is 0.219 e. The van der Waals surface area contributed by atoms with Crippen LogP contribution in [0, 0.1) is 6.92 Å². The molecule has 0 bridgehead atoms. The maximum absolute atomic E-state index is 9.71. The second kappa shape index (κ2) is 5.09. The van der Waals surface area contributed by atoms with E-state index in [1.807, 2.05) is 13.0 Å². The average molecular weight is 210 g/mol. The van der Waals surface area contributed by atoms with Crippen LogP contribution in [-0.4, -0.2) is 23.7 Å². The molecule has 3 N–H and O–H groups in total. The van der Waals surface area contributed by atoms with E-state index in [9.17, 15) is 5.11 Å². The second-order valence-corrected chi connectivity index (χ2v) is 3.44. The minimum atomic E-state index is -0.710. The number of pyridine rings is 1. The van der Waals surface area contributed by atoms with Crippen molar-refractivity contribution in [1.82, 2.24) is 4.98 Å². The van der Waals surface area contributed by atoms with Gasteiger partial charge in [-0.05, 0) is 25.0 Å². The summed E-state index contributed by atoms with van der Waals surface area (Å²) in [6.07, 6.45) is 0.172. The van der Waals surface area contributed by atoms with Crippen LogP contribution in [0.3, 0.4) is 0 Å². The van der Waals surface area contributed by atoms with Crippen LogP contribution in [0.2, 0.25) is 0 Å². The fourth-order valence-electron chi connectivity index (χ4n) is 1.53. The van der Waals surface area contributed by atoms with Crippen LogP contribution in [-0.2, 0) is 6.42 Å². The number of aromatic nitrogens is 1. The summed E-state index contributed by atoms with van der Waals surface area (Å²) in [4.78, 5) is 4.29. The Bertz CT molecular complexity index is 340.